The molecule has 126 valence electrons. The fourth-order valence-corrected chi connectivity index (χ4v) is 2.59. The Kier molecular flexibility index (Phi) is 6.39. The van der Waals surface area contributed by atoms with Crippen LogP contribution in [0.25, 0.3) is 0 Å². The van der Waals surface area contributed by atoms with Gasteiger partial charge in [-0.25, -0.2) is 0 Å². The van der Waals surface area contributed by atoms with Crippen molar-refractivity contribution in [2.24, 2.45) is 0 Å². The molecule has 0 atom stereocenters. The minimum atomic E-state index is -0.381. The minimum Gasteiger partial charge on any atom is -0.490 e. The lowest BCUT2D eigenvalue weighted by molar-refractivity contribution is -0.118. The Morgan fingerprint density at radius 2 is 1.92 bits per heavy atom. The van der Waals surface area contributed by atoms with Gasteiger partial charge in [0.2, 0.25) is 0 Å². The molecular formula is C18H14BrN3O3. The highest BCUT2D eigenvalue weighted by Crippen LogP contribution is 2.36. The molecular weight excluding hydrogens is 386 g/mol. The molecule has 0 aliphatic heterocycles. The average molecular weight is 400 g/mol. The predicted octanol–water partition coefficient (Wildman–Crippen LogP) is 3.61. The smallest absolute Gasteiger partial charge is 0.262 e. The number of amides is 1. The molecule has 0 aliphatic rings. The zero-order chi connectivity index (χ0) is 18.2. The SMILES string of the molecule is CCOc1cc(C#N)cc(Br)c1OCC(=O)Nc1cccc(C#N)c1. The maximum Gasteiger partial charge on any atom is 0.262 e. The van der Waals surface area contributed by atoms with Crippen molar-refractivity contribution in [3.05, 3.63) is 52.0 Å². The van der Waals surface area contributed by atoms with Gasteiger partial charge in [-0.2, -0.15) is 10.5 Å². The summed E-state index contributed by atoms with van der Waals surface area (Å²) in [7, 11) is 0. The Morgan fingerprint density at radius 3 is 2.60 bits per heavy atom. The van der Waals surface area contributed by atoms with Crippen LogP contribution >= 0.6 is 15.9 Å². The highest BCUT2D eigenvalue weighted by molar-refractivity contribution is 9.10. The number of nitrogens with zero attached hydrogens (tertiary/aromatic N) is 2. The molecule has 0 heterocycles. The van der Waals surface area contributed by atoms with E-state index in [0.717, 1.165) is 0 Å². The molecule has 0 aromatic heterocycles. The molecule has 2 aromatic carbocycles. The Morgan fingerprint density at radius 1 is 1.16 bits per heavy atom. The number of halogens is 1. The fraction of sp³-hybridized carbons (Fsp3) is 0.167. The van der Waals surface area contributed by atoms with E-state index < -0.39 is 0 Å². The van der Waals surface area contributed by atoms with Crippen molar-refractivity contribution < 1.29 is 14.3 Å². The van der Waals surface area contributed by atoms with Crippen molar-refractivity contribution in [2.45, 2.75) is 6.92 Å². The van der Waals surface area contributed by atoms with Crippen LogP contribution in [0.4, 0.5) is 5.69 Å². The third kappa shape index (κ3) is 4.97. The molecule has 2 rings (SSSR count). The molecule has 0 saturated carbocycles. The number of benzene rings is 2. The van der Waals surface area contributed by atoms with Gasteiger partial charge in [0.25, 0.3) is 5.91 Å². The Labute approximate surface area is 153 Å². The molecule has 6 nitrogen and oxygen atoms in total. The van der Waals surface area contributed by atoms with Gasteiger partial charge in [0.1, 0.15) is 0 Å². The molecule has 7 heteroatoms. The van der Waals surface area contributed by atoms with Crippen LogP contribution in [0.2, 0.25) is 0 Å². The van der Waals surface area contributed by atoms with E-state index in [0.29, 0.717) is 39.4 Å². The topological polar surface area (TPSA) is 95.1 Å². The van der Waals surface area contributed by atoms with E-state index in [1.807, 2.05) is 19.1 Å². The second-order valence-corrected chi connectivity index (χ2v) is 5.71. The summed E-state index contributed by atoms with van der Waals surface area (Å²) < 4.78 is 11.5. The first-order valence-corrected chi connectivity index (χ1v) is 8.16. The molecule has 0 aliphatic carbocycles. The van der Waals surface area contributed by atoms with Gasteiger partial charge < -0.3 is 14.8 Å². The van der Waals surface area contributed by atoms with Gasteiger partial charge >= 0.3 is 0 Å². The molecule has 0 saturated heterocycles. The van der Waals surface area contributed by atoms with E-state index in [1.54, 1.807) is 36.4 Å². The number of nitrogens with one attached hydrogen (secondary N) is 1. The van der Waals surface area contributed by atoms with E-state index >= 15 is 0 Å². The van der Waals surface area contributed by atoms with E-state index in [-0.39, 0.29) is 12.5 Å². The van der Waals surface area contributed by atoms with Crippen LogP contribution < -0.4 is 14.8 Å². The van der Waals surface area contributed by atoms with Gasteiger partial charge in [-0.1, -0.05) is 6.07 Å². The van der Waals surface area contributed by atoms with E-state index in [1.165, 1.54) is 0 Å². The molecule has 1 N–H and O–H groups in total. The molecule has 0 radical (unpaired) electrons. The van der Waals surface area contributed by atoms with Gasteiger partial charge in [-0.3, -0.25) is 4.79 Å². The Bertz CT molecular complexity index is 869. The van der Waals surface area contributed by atoms with Crippen molar-refractivity contribution in [1.82, 2.24) is 0 Å². The normalized spacial score (nSPS) is 9.60. The van der Waals surface area contributed by atoms with Crippen LogP contribution in [0.5, 0.6) is 11.5 Å². The summed E-state index contributed by atoms with van der Waals surface area (Å²) in [5, 5.41) is 20.5. The summed E-state index contributed by atoms with van der Waals surface area (Å²) in [5.74, 6) is 0.350. The number of anilines is 1. The Balaban J connectivity index is 2.08. The van der Waals surface area contributed by atoms with Gasteiger partial charge in [0.15, 0.2) is 18.1 Å². The first-order chi connectivity index (χ1) is 12.1. The van der Waals surface area contributed by atoms with Gasteiger partial charge in [-0.05, 0) is 47.1 Å². The zero-order valence-corrected chi connectivity index (χ0v) is 15.0. The second kappa shape index (κ2) is 8.72. The van der Waals surface area contributed by atoms with Crippen LogP contribution in [-0.2, 0) is 4.79 Å². The lowest BCUT2D eigenvalue weighted by atomic mass is 10.2. The fourth-order valence-electron chi connectivity index (χ4n) is 2.04. The molecule has 1 amide bonds. The molecule has 0 spiro atoms. The van der Waals surface area contributed by atoms with Crippen molar-refractivity contribution >= 4 is 27.5 Å². The number of carbonyl (C=O) groups is 1. The molecule has 0 bridgehead atoms. The van der Waals surface area contributed by atoms with Crippen LogP contribution in [0.1, 0.15) is 18.1 Å². The largest absolute Gasteiger partial charge is 0.490 e. The summed E-state index contributed by atoms with van der Waals surface area (Å²) in [5.41, 5.74) is 1.38. The summed E-state index contributed by atoms with van der Waals surface area (Å²) in [6.45, 7) is 1.96. The van der Waals surface area contributed by atoms with E-state index in [4.69, 9.17) is 20.0 Å². The Hall–Kier alpha value is -3.03. The zero-order valence-electron chi connectivity index (χ0n) is 13.4. The van der Waals surface area contributed by atoms with Crippen LogP contribution in [0.15, 0.2) is 40.9 Å². The third-order valence-electron chi connectivity index (χ3n) is 3.06. The number of hydrogen-bond donors (Lipinski definition) is 1. The van der Waals surface area contributed by atoms with Crippen LogP contribution in [0, 0.1) is 22.7 Å². The quantitative estimate of drug-likeness (QED) is 0.800. The summed E-state index contributed by atoms with van der Waals surface area (Å²) >= 11 is 3.32. The standard InChI is InChI=1S/C18H14BrN3O3/c1-2-24-16-8-13(10-21)7-15(19)18(16)25-11-17(23)22-14-5-3-4-12(6-14)9-20/h3-8H,2,11H2,1H3,(H,22,23). The maximum atomic E-state index is 12.1. The van der Waals surface area contributed by atoms with Crippen LogP contribution in [-0.4, -0.2) is 19.1 Å². The van der Waals surface area contributed by atoms with E-state index in [2.05, 4.69) is 21.2 Å². The lowest BCUT2D eigenvalue weighted by Crippen LogP contribution is -2.20. The van der Waals surface area contributed by atoms with Crippen molar-refractivity contribution in [3.8, 4) is 23.6 Å². The van der Waals surface area contributed by atoms with Crippen molar-refractivity contribution in [1.29, 1.82) is 10.5 Å². The molecule has 0 fully saturated rings. The van der Waals surface area contributed by atoms with Gasteiger partial charge in [-0.15, -0.1) is 0 Å². The number of rotatable bonds is 6. The number of hydrogen-bond acceptors (Lipinski definition) is 5. The maximum absolute atomic E-state index is 12.1. The highest BCUT2D eigenvalue weighted by atomic mass is 79.9. The summed E-state index contributed by atoms with van der Waals surface area (Å²) in [6, 6.07) is 13.8. The molecule has 2 aromatic rings. The summed E-state index contributed by atoms with van der Waals surface area (Å²) in [6.07, 6.45) is 0. The van der Waals surface area contributed by atoms with Gasteiger partial charge in [0.05, 0.1) is 34.3 Å². The average Bonchev–Trinajstić information content (AvgIpc) is 2.61. The third-order valence-corrected chi connectivity index (χ3v) is 3.65. The highest BCUT2D eigenvalue weighted by Gasteiger charge is 2.14. The first-order valence-electron chi connectivity index (χ1n) is 7.36. The second-order valence-electron chi connectivity index (χ2n) is 4.86. The molecule has 0 unspecified atom stereocenters. The first kappa shape index (κ1) is 18.3. The lowest BCUT2D eigenvalue weighted by Gasteiger charge is -2.14. The minimum absolute atomic E-state index is 0.249. The van der Waals surface area contributed by atoms with E-state index in [9.17, 15) is 4.79 Å². The summed E-state index contributed by atoms with van der Waals surface area (Å²) in [4.78, 5) is 12.1. The number of ether oxygens (including phenoxy) is 2. The van der Waals surface area contributed by atoms with Crippen molar-refractivity contribution in [2.75, 3.05) is 18.5 Å². The number of carbonyl (C=O) groups excluding carboxylic acids is 1. The monoisotopic (exact) mass is 399 g/mol. The van der Waals surface area contributed by atoms with Crippen LogP contribution in [0.3, 0.4) is 0 Å². The van der Waals surface area contributed by atoms with Gasteiger partial charge in [0, 0.05) is 11.8 Å². The predicted molar refractivity (Wildman–Crippen MR) is 95.3 cm³/mol. The molecule has 25 heavy (non-hydrogen) atoms. The van der Waals surface area contributed by atoms with Crippen molar-refractivity contribution in [3.63, 3.8) is 0 Å². The number of nitriles is 2.